The van der Waals surface area contributed by atoms with Gasteiger partial charge >= 0.3 is 0 Å². The van der Waals surface area contributed by atoms with Crippen molar-refractivity contribution in [1.29, 1.82) is 0 Å². The molecule has 4 rings (SSSR count). The average Bonchev–Trinajstić information content (AvgIpc) is 3.18. The molecule has 5 heteroatoms. The van der Waals surface area contributed by atoms with E-state index in [9.17, 15) is 4.79 Å². The molecule has 3 aromatic heterocycles. The van der Waals surface area contributed by atoms with E-state index in [1.54, 1.807) is 21.8 Å². The first-order valence-corrected chi connectivity index (χ1v) is 9.49. The minimum Gasteiger partial charge on any atom is -0.331 e. The van der Waals surface area contributed by atoms with Crippen LogP contribution < -0.4 is 10.9 Å². The number of hydrogen-bond acceptors (Lipinski definition) is 3. The second-order valence-corrected chi connectivity index (χ2v) is 7.34. The molecule has 0 aliphatic rings. The molecule has 1 atom stereocenters. The number of rotatable bonds is 5. The SMILES string of the molecule is Cc1ccc2nc(C[NH2+][C@H](c3ccccc3)c3cccs3)cc(=O)n2c1. The maximum atomic E-state index is 12.4. The summed E-state index contributed by atoms with van der Waals surface area (Å²) >= 11 is 1.75. The van der Waals surface area contributed by atoms with Crippen molar-refractivity contribution in [2.45, 2.75) is 19.5 Å². The third-order valence-corrected chi connectivity index (χ3v) is 5.39. The fraction of sp³-hybridized carbons (Fsp3) is 0.143. The topological polar surface area (TPSA) is 51.0 Å². The van der Waals surface area contributed by atoms with Gasteiger partial charge in [-0.1, -0.05) is 42.5 Å². The third-order valence-electron chi connectivity index (χ3n) is 4.43. The number of nitrogens with two attached hydrogens (primary N) is 1. The maximum Gasteiger partial charge on any atom is 0.258 e. The molecule has 4 nitrogen and oxygen atoms in total. The highest BCUT2D eigenvalue weighted by Gasteiger charge is 2.18. The summed E-state index contributed by atoms with van der Waals surface area (Å²) in [6.45, 7) is 2.62. The molecule has 0 aliphatic carbocycles. The van der Waals surface area contributed by atoms with Gasteiger partial charge in [0.05, 0.1) is 4.88 Å². The minimum absolute atomic E-state index is 0.0329. The van der Waals surface area contributed by atoms with Crippen LogP contribution in [0.2, 0.25) is 0 Å². The van der Waals surface area contributed by atoms with Crippen molar-refractivity contribution in [2.75, 3.05) is 0 Å². The third kappa shape index (κ3) is 3.45. The van der Waals surface area contributed by atoms with E-state index in [0.29, 0.717) is 12.2 Å². The standard InChI is InChI=1S/C21H19N3OS/c1-15-9-10-19-23-17(12-20(25)24(19)14-15)13-22-21(18-8-5-11-26-18)16-6-3-2-4-7-16/h2-12,14,21-22H,13H2,1H3/p+1/t21-/m1/s1. The van der Waals surface area contributed by atoms with Gasteiger partial charge in [0.1, 0.15) is 23.9 Å². The van der Waals surface area contributed by atoms with Crippen molar-refractivity contribution in [3.63, 3.8) is 0 Å². The highest BCUT2D eigenvalue weighted by atomic mass is 32.1. The fourth-order valence-electron chi connectivity index (χ4n) is 3.15. The van der Waals surface area contributed by atoms with Gasteiger partial charge in [0.25, 0.3) is 5.56 Å². The number of hydrogen-bond donors (Lipinski definition) is 1. The van der Waals surface area contributed by atoms with E-state index in [1.807, 2.05) is 31.3 Å². The van der Waals surface area contributed by atoms with Crippen LogP contribution in [0.4, 0.5) is 0 Å². The highest BCUT2D eigenvalue weighted by molar-refractivity contribution is 7.10. The van der Waals surface area contributed by atoms with Gasteiger partial charge in [0.2, 0.25) is 0 Å². The molecular weight excluding hydrogens is 342 g/mol. The number of quaternary nitrogens is 1. The van der Waals surface area contributed by atoms with Crippen LogP contribution in [0.5, 0.6) is 0 Å². The molecule has 0 unspecified atom stereocenters. The van der Waals surface area contributed by atoms with Crippen LogP contribution in [0, 0.1) is 6.92 Å². The lowest BCUT2D eigenvalue weighted by atomic mass is 10.1. The van der Waals surface area contributed by atoms with Gasteiger partial charge in [0.15, 0.2) is 0 Å². The molecule has 0 fully saturated rings. The molecule has 0 bridgehead atoms. The van der Waals surface area contributed by atoms with Crippen molar-refractivity contribution in [2.24, 2.45) is 0 Å². The number of pyridine rings is 1. The van der Waals surface area contributed by atoms with Crippen LogP contribution in [0.25, 0.3) is 5.65 Å². The van der Waals surface area contributed by atoms with E-state index in [-0.39, 0.29) is 11.6 Å². The van der Waals surface area contributed by atoms with E-state index >= 15 is 0 Å². The largest absolute Gasteiger partial charge is 0.331 e. The molecule has 4 aromatic rings. The van der Waals surface area contributed by atoms with Crippen LogP contribution >= 0.6 is 11.3 Å². The van der Waals surface area contributed by atoms with Crippen molar-refractivity contribution >= 4 is 17.0 Å². The molecule has 3 heterocycles. The van der Waals surface area contributed by atoms with Crippen LogP contribution in [-0.2, 0) is 6.54 Å². The smallest absolute Gasteiger partial charge is 0.258 e. The molecule has 0 amide bonds. The first-order valence-electron chi connectivity index (χ1n) is 8.61. The molecule has 0 radical (unpaired) electrons. The van der Waals surface area contributed by atoms with Gasteiger partial charge in [-0.2, -0.15) is 0 Å². The van der Waals surface area contributed by atoms with Gasteiger partial charge in [0, 0.05) is 17.8 Å². The normalized spacial score (nSPS) is 12.3. The summed E-state index contributed by atoms with van der Waals surface area (Å²) in [7, 11) is 0. The number of fused-ring (bicyclic) bond motifs is 1. The van der Waals surface area contributed by atoms with E-state index in [2.05, 4.69) is 52.1 Å². The molecule has 0 saturated heterocycles. The first kappa shape index (κ1) is 16.7. The number of aryl methyl sites for hydroxylation is 1. The number of nitrogens with zero attached hydrogens (tertiary/aromatic N) is 2. The maximum absolute atomic E-state index is 12.4. The Kier molecular flexibility index (Phi) is 4.65. The van der Waals surface area contributed by atoms with Gasteiger partial charge < -0.3 is 5.32 Å². The second-order valence-electron chi connectivity index (χ2n) is 6.36. The Morgan fingerprint density at radius 3 is 2.73 bits per heavy atom. The Labute approximate surface area is 155 Å². The minimum atomic E-state index is -0.0329. The van der Waals surface area contributed by atoms with Crippen LogP contribution in [0.1, 0.15) is 27.7 Å². The summed E-state index contributed by atoms with van der Waals surface area (Å²) in [6.07, 6.45) is 1.83. The Balaban J connectivity index is 1.63. The Morgan fingerprint density at radius 1 is 1.12 bits per heavy atom. The van der Waals surface area contributed by atoms with Crippen LogP contribution in [0.15, 0.2) is 77.0 Å². The molecule has 0 spiro atoms. The molecule has 2 N–H and O–H groups in total. The number of thiophene rings is 1. The summed E-state index contributed by atoms with van der Waals surface area (Å²) in [6, 6.07) is 20.4. The fourth-order valence-corrected chi connectivity index (χ4v) is 4.00. The summed E-state index contributed by atoms with van der Waals surface area (Å²) in [4.78, 5) is 18.4. The molecular formula is C21H20N3OS+. The van der Waals surface area contributed by atoms with E-state index in [0.717, 1.165) is 11.3 Å². The van der Waals surface area contributed by atoms with Crippen LogP contribution in [0.3, 0.4) is 0 Å². The van der Waals surface area contributed by atoms with Gasteiger partial charge in [-0.15, -0.1) is 11.3 Å². The predicted molar refractivity (Wildman–Crippen MR) is 104 cm³/mol. The molecule has 130 valence electrons. The molecule has 1 aromatic carbocycles. The second kappa shape index (κ2) is 7.23. The molecule has 26 heavy (non-hydrogen) atoms. The zero-order valence-corrected chi connectivity index (χ0v) is 15.3. The monoisotopic (exact) mass is 362 g/mol. The van der Waals surface area contributed by atoms with E-state index in [4.69, 9.17) is 0 Å². The Bertz CT molecular complexity index is 1070. The van der Waals surface area contributed by atoms with Crippen molar-refractivity contribution in [3.8, 4) is 0 Å². The number of aromatic nitrogens is 2. The van der Waals surface area contributed by atoms with Crippen molar-refractivity contribution < 1.29 is 5.32 Å². The lowest BCUT2D eigenvalue weighted by Crippen LogP contribution is -2.84. The van der Waals surface area contributed by atoms with Gasteiger partial charge in [-0.3, -0.25) is 9.20 Å². The summed E-state index contributed by atoms with van der Waals surface area (Å²) in [5.41, 5.74) is 3.76. The van der Waals surface area contributed by atoms with Gasteiger partial charge in [-0.05, 0) is 30.0 Å². The lowest BCUT2D eigenvalue weighted by molar-refractivity contribution is -0.702. The Hall–Kier alpha value is -2.76. The summed E-state index contributed by atoms with van der Waals surface area (Å²) < 4.78 is 1.60. The van der Waals surface area contributed by atoms with Crippen LogP contribution in [-0.4, -0.2) is 9.38 Å². The zero-order valence-electron chi connectivity index (χ0n) is 14.5. The quantitative estimate of drug-likeness (QED) is 0.593. The highest BCUT2D eigenvalue weighted by Crippen LogP contribution is 2.22. The summed E-state index contributed by atoms with van der Waals surface area (Å²) in [5.74, 6) is 0. The van der Waals surface area contributed by atoms with Gasteiger partial charge in [-0.25, -0.2) is 4.98 Å². The number of benzene rings is 1. The lowest BCUT2D eigenvalue weighted by Gasteiger charge is -2.14. The Morgan fingerprint density at radius 2 is 1.96 bits per heavy atom. The van der Waals surface area contributed by atoms with E-state index < -0.39 is 0 Å². The van der Waals surface area contributed by atoms with Crippen molar-refractivity contribution in [3.05, 3.63) is 104 Å². The first-order chi connectivity index (χ1) is 12.7. The molecule has 0 aliphatic heterocycles. The molecule has 0 saturated carbocycles. The summed E-state index contributed by atoms with van der Waals surface area (Å²) in [5, 5.41) is 4.34. The average molecular weight is 362 g/mol. The van der Waals surface area contributed by atoms with E-state index in [1.165, 1.54) is 10.4 Å². The zero-order chi connectivity index (χ0) is 17.9. The predicted octanol–water partition coefficient (Wildman–Crippen LogP) is 2.92. The van der Waals surface area contributed by atoms with Crippen molar-refractivity contribution in [1.82, 2.24) is 9.38 Å².